The van der Waals surface area contributed by atoms with Gasteiger partial charge in [-0.3, -0.25) is 14.3 Å². The second-order valence-electron chi connectivity index (χ2n) is 8.21. The molecule has 12 heteroatoms. The minimum Gasteiger partial charge on any atom is -0.494 e. The Bertz CT molecular complexity index is 1520. The number of carbonyl (C=O) groups is 2. The summed E-state index contributed by atoms with van der Waals surface area (Å²) < 4.78 is 26.6. The Hall–Kier alpha value is -4.29. The van der Waals surface area contributed by atoms with Gasteiger partial charge in [-0.15, -0.1) is 0 Å². The number of nitrogens with two attached hydrogens (primary N) is 1. The first-order valence-electron chi connectivity index (χ1n) is 11.5. The van der Waals surface area contributed by atoms with E-state index in [2.05, 4.69) is 25.8 Å². The number of pyridine rings is 1. The number of benzene rings is 2. The van der Waals surface area contributed by atoms with Gasteiger partial charge < -0.3 is 24.9 Å². The maximum absolute atomic E-state index is 13.3. The van der Waals surface area contributed by atoms with Crippen LogP contribution in [0.3, 0.4) is 0 Å². The third-order valence-electron chi connectivity index (χ3n) is 5.49. The molecule has 0 unspecified atom stereocenters. The molecule has 0 saturated carbocycles. The average molecular weight is 601 g/mol. The standard InChI is InChI=1S/C19H19N3O4.C8H7BrFNO2/c1-26-13-17-16(19(24)25)12-22(20-17)11-15-7-5-14(6-8-15)10-21-9-3-2-4-18(21)23;1-13-5-3-2-4(9)6(7(5)10)8(11)12/h2-9,12H,10-11,13H2,1H3,(H,24,25);2-3H,1H3,(H2,11,12). The lowest BCUT2D eigenvalue weighted by Gasteiger charge is -2.07. The summed E-state index contributed by atoms with van der Waals surface area (Å²) in [6.45, 7) is 1.11. The zero-order valence-electron chi connectivity index (χ0n) is 21.1. The quantitative estimate of drug-likeness (QED) is 0.299. The van der Waals surface area contributed by atoms with Gasteiger partial charge in [0.25, 0.3) is 11.5 Å². The number of hydrogen-bond acceptors (Lipinski definition) is 6. The summed E-state index contributed by atoms with van der Waals surface area (Å²) in [4.78, 5) is 33.8. The second kappa shape index (κ2) is 13.5. The maximum atomic E-state index is 13.3. The summed E-state index contributed by atoms with van der Waals surface area (Å²) in [7, 11) is 2.82. The highest BCUT2D eigenvalue weighted by Crippen LogP contribution is 2.26. The van der Waals surface area contributed by atoms with Crippen LogP contribution >= 0.6 is 15.9 Å². The Kier molecular flexibility index (Phi) is 10.1. The summed E-state index contributed by atoms with van der Waals surface area (Å²) in [6.07, 6.45) is 3.26. The highest BCUT2D eigenvalue weighted by Gasteiger charge is 2.17. The van der Waals surface area contributed by atoms with E-state index in [0.29, 0.717) is 23.3 Å². The molecule has 0 aliphatic carbocycles. The summed E-state index contributed by atoms with van der Waals surface area (Å²) in [5.74, 6) is -2.60. The number of carboxylic acids is 1. The van der Waals surface area contributed by atoms with Crippen LogP contribution in [0.4, 0.5) is 4.39 Å². The first-order chi connectivity index (χ1) is 18.6. The number of carbonyl (C=O) groups excluding carboxylic acids is 1. The Labute approximate surface area is 231 Å². The summed E-state index contributed by atoms with van der Waals surface area (Å²) in [5, 5.41) is 13.5. The van der Waals surface area contributed by atoms with Crippen LogP contribution in [0.1, 0.15) is 37.5 Å². The Balaban J connectivity index is 0.000000272. The molecule has 0 fully saturated rings. The van der Waals surface area contributed by atoms with E-state index in [1.54, 1.807) is 21.5 Å². The number of carboxylic acid groups (broad SMARTS) is 1. The first kappa shape index (κ1) is 29.3. The molecular weight excluding hydrogens is 575 g/mol. The average Bonchev–Trinajstić information content (AvgIpc) is 3.30. The number of methoxy groups -OCH3 is 2. The zero-order chi connectivity index (χ0) is 28.5. The van der Waals surface area contributed by atoms with Crippen molar-refractivity contribution in [3.8, 4) is 5.75 Å². The molecule has 0 radical (unpaired) electrons. The monoisotopic (exact) mass is 600 g/mol. The van der Waals surface area contributed by atoms with E-state index >= 15 is 0 Å². The second-order valence-corrected chi connectivity index (χ2v) is 9.07. The molecule has 204 valence electrons. The number of nitrogens with zero attached hydrogens (tertiary/aromatic N) is 3. The molecule has 2 heterocycles. The Morgan fingerprint density at radius 1 is 1.05 bits per heavy atom. The van der Waals surface area contributed by atoms with Gasteiger partial charge in [0.2, 0.25) is 0 Å². The van der Waals surface area contributed by atoms with Crippen molar-refractivity contribution in [1.82, 2.24) is 14.3 Å². The van der Waals surface area contributed by atoms with E-state index in [0.717, 1.165) is 11.1 Å². The number of aromatic carboxylic acids is 1. The van der Waals surface area contributed by atoms with Gasteiger partial charge in [0, 0.05) is 30.0 Å². The number of hydrogen-bond donors (Lipinski definition) is 2. The topological polar surface area (TPSA) is 139 Å². The number of ether oxygens (including phenoxy) is 2. The predicted octanol–water partition coefficient (Wildman–Crippen LogP) is 3.68. The van der Waals surface area contributed by atoms with Crippen LogP contribution in [0.2, 0.25) is 0 Å². The molecule has 2 aromatic carbocycles. The molecule has 39 heavy (non-hydrogen) atoms. The predicted molar refractivity (Wildman–Crippen MR) is 144 cm³/mol. The maximum Gasteiger partial charge on any atom is 0.339 e. The summed E-state index contributed by atoms with van der Waals surface area (Å²) >= 11 is 3.01. The zero-order valence-corrected chi connectivity index (χ0v) is 22.7. The van der Waals surface area contributed by atoms with E-state index in [1.165, 1.54) is 38.6 Å². The number of aromatic nitrogens is 3. The molecular formula is C27H26BrFN4O6. The SMILES string of the molecule is COCc1nn(Cc2ccc(Cn3ccccc3=O)cc2)cc1C(=O)O.COc1ccc(Br)c(C(N)=O)c1F. The molecule has 2 aromatic heterocycles. The molecule has 3 N–H and O–H groups in total. The molecule has 0 aliphatic rings. The molecule has 0 spiro atoms. The normalized spacial score (nSPS) is 10.5. The number of halogens is 2. The lowest BCUT2D eigenvalue weighted by molar-refractivity contribution is 0.0691. The number of amides is 1. The van der Waals surface area contributed by atoms with Gasteiger partial charge >= 0.3 is 5.97 Å². The highest BCUT2D eigenvalue weighted by atomic mass is 79.9. The lowest BCUT2D eigenvalue weighted by atomic mass is 10.1. The van der Waals surface area contributed by atoms with Gasteiger partial charge in [-0.1, -0.05) is 30.3 Å². The summed E-state index contributed by atoms with van der Waals surface area (Å²) in [5.41, 5.74) is 7.28. The number of primary amides is 1. The molecule has 0 aliphatic heterocycles. The van der Waals surface area contributed by atoms with Crippen LogP contribution in [0.5, 0.6) is 5.75 Å². The van der Waals surface area contributed by atoms with Crippen molar-refractivity contribution in [1.29, 1.82) is 0 Å². The van der Waals surface area contributed by atoms with Gasteiger partial charge in [0.15, 0.2) is 11.6 Å². The molecule has 0 atom stereocenters. The van der Waals surface area contributed by atoms with Crippen LogP contribution in [0.15, 0.2) is 76.3 Å². The van der Waals surface area contributed by atoms with Crippen molar-refractivity contribution in [3.63, 3.8) is 0 Å². The van der Waals surface area contributed by atoms with Crippen LogP contribution < -0.4 is 16.0 Å². The van der Waals surface area contributed by atoms with E-state index in [9.17, 15) is 23.9 Å². The summed E-state index contributed by atoms with van der Waals surface area (Å²) in [6, 6.07) is 15.8. The van der Waals surface area contributed by atoms with Crippen molar-refractivity contribution in [3.05, 3.63) is 116 Å². The van der Waals surface area contributed by atoms with Crippen molar-refractivity contribution >= 4 is 27.8 Å². The van der Waals surface area contributed by atoms with E-state index in [1.807, 2.05) is 30.3 Å². The third-order valence-corrected chi connectivity index (χ3v) is 6.15. The van der Waals surface area contributed by atoms with E-state index in [-0.39, 0.29) is 29.0 Å². The molecule has 4 aromatic rings. The van der Waals surface area contributed by atoms with Crippen LogP contribution in [-0.4, -0.2) is 45.6 Å². The fourth-order valence-electron chi connectivity index (χ4n) is 3.61. The van der Waals surface area contributed by atoms with Gasteiger partial charge in [-0.05, 0) is 45.3 Å². The smallest absolute Gasteiger partial charge is 0.339 e. The van der Waals surface area contributed by atoms with Gasteiger partial charge in [0.05, 0.1) is 32.4 Å². The van der Waals surface area contributed by atoms with Crippen molar-refractivity contribution in [2.75, 3.05) is 14.2 Å². The highest BCUT2D eigenvalue weighted by molar-refractivity contribution is 9.10. The minimum absolute atomic E-state index is 0.00278. The van der Waals surface area contributed by atoms with E-state index < -0.39 is 17.7 Å². The van der Waals surface area contributed by atoms with Crippen LogP contribution in [-0.2, 0) is 24.4 Å². The molecule has 0 saturated heterocycles. The van der Waals surface area contributed by atoms with Crippen LogP contribution in [0.25, 0.3) is 0 Å². The molecule has 4 rings (SSSR count). The van der Waals surface area contributed by atoms with E-state index in [4.69, 9.17) is 10.5 Å². The first-order valence-corrected chi connectivity index (χ1v) is 12.3. The largest absolute Gasteiger partial charge is 0.494 e. The molecule has 0 bridgehead atoms. The van der Waals surface area contributed by atoms with Gasteiger partial charge in [-0.25, -0.2) is 9.18 Å². The Morgan fingerprint density at radius 2 is 1.72 bits per heavy atom. The fraction of sp³-hybridized carbons (Fsp3) is 0.185. The van der Waals surface area contributed by atoms with Crippen LogP contribution in [0, 0.1) is 5.82 Å². The lowest BCUT2D eigenvalue weighted by Crippen LogP contribution is -2.18. The van der Waals surface area contributed by atoms with Crippen molar-refractivity contribution in [2.45, 2.75) is 19.7 Å². The fourth-order valence-corrected chi connectivity index (χ4v) is 4.11. The van der Waals surface area contributed by atoms with Crippen molar-refractivity contribution < 1.29 is 28.6 Å². The molecule has 1 amide bonds. The Morgan fingerprint density at radius 3 is 2.28 bits per heavy atom. The van der Waals surface area contributed by atoms with Gasteiger partial charge in [-0.2, -0.15) is 5.10 Å². The van der Waals surface area contributed by atoms with Gasteiger partial charge in [0.1, 0.15) is 11.3 Å². The minimum atomic E-state index is -1.02. The number of rotatable bonds is 9. The van der Waals surface area contributed by atoms with Crippen molar-refractivity contribution in [2.24, 2.45) is 5.73 Å². The molecule has 10 nitrogen and oxygen atoms in total. The third kappa shape index (κ3) is 7.62.